The number of rotatable bonds is 4. The van der Waals surface area contributed by atoms with Gasteiger partial charge in [0, 0.05) is 30.1 Å². The van der Waals surface area contributed by atoms with E-state index in [0.29, 0.717) is 18.0 Å². The topological polar surface area (TPSA) is 81.4 Å². The zero-order chi connectivity index (χ0) is 19.7. The van der Waals surface area contributed by atoms with Crippen LogP contribution in [0.5, 0.6) is 5.88 Å². The van der Waals surface area contributed by atoms with Crippen LogP contribution < -0.4 is 4.74 Å². The fourth-order valence-corrected chi connectivity index (χ4v) is 3.83. The predicted octanol–water partition coefficient (Wildman–Crippen LogP) is 3.73. The van der Waals surface area contributed by atoms with Crippen LogP contribution in [-0.2, 0) is 0 Å². The molecule has 1 aliphatic heterocycles. The van der Waals surface area contributed by atoms with Crippen LogP contribution in [0.15, 0.2) is 41.2 Å². The van der Waals surface area contributed by atoms with E-state index in [1.54, 1.807) is 18.3 Å². The number of methoxy groups -OCH3 is 1. The lowest BCUT2D eigenvalue weighted by atomic mass is 10.0. The van der Waals surface area contributed by atoms with Crippen LogP contribution in [0.4, 0.5) is 0 Å². The first kappa shape index (κ1) is 18.2. The van der Waals surface area contributed by atoms with Crippen molar-refractivity contribution in [3.05, 3.63) is 59.4 Å². The highest BCUT2D eigenvalue weighted by Crippen LogP contribution is 2.34. The van der Waals surface area contributed by atoms with Crippen molar-refractivity contribution >= 4 is 5.91 Å². The van der Waals surface area contributed by atoms with Crippen LogP contribution in [0, 0.1) is 13.8 Å². The first-order valence-electron chi connectivity index (χ1n) is 9.29. The fourth-order valence-electron chi connectivity index (χ4n) is 3.83. The number of carbonyl (C=O) groups is 1. The summed E-state index contributed by atoms with van der Waals surface area (Å²) >= 11 is 0. The van der Waals surface area contributed by atoms with E-state index in [1.807, 2.05) is 37.1 Å². The van der Waals surface area contributed by atoms with E-state index in [-0.39, 0.29) is 11.9 Å². The van der Waals surface area contributed by atoms with Crippen LogP contribution in [-0.4, -0.2) is 39.6 Å². The van der Waals surface area contributed by atoms with Gasteiger partial charge >= 0.3 is 0 Å². The van der Waals surface area contributed by atoms with Crippen molar-refractivity contribution in [2.24, 2.45) is 0 Å². The second-order valence-corrected chi connectivity index (χ2v) is 6.89. The minimum absolute atomic E-state index is 0.0591. The van der Waals surface area contributed by atoms with Crippen molar-refractivity contribution in [1.82, 2.24) is 20.0 Å². The van der Waals surface area contributed by atoms with Gasteiger partial charge in [0.1, 0.15) is 11.3 Å². The molecular weight excluding hydrogens is 356 g/mol. The van der Waals surface area contributed by atoms with Gasteiger partial charge in [-0.05, 0) is 44.9 Å². The Labute approximate surface area is 163 Å². The Balaban J connectivity index is 1.61. The van der Waals surface area contributed by atoms with Crippen LogP contribution in [0.2, 0.25) is 0 Å². The second-order valence-electron chi connectivity index (χ2n) is 6.89. The van der Waals surface area contributed by atoms with E-state index in [4.69, 9.17) is 9.26 Å². The third-order valence-corrected chi connectivity index (χ3v) is 5.16. The van der Waals surface area contributed by atoms with E-state index >= 15 is 0 Å². The lowest BCUT2D eigenvalue weighted by molar-refractivity contribution is 0.0728. The molecule has 0 radical (unpaired) electrons. The van der Waals surface area contributed by atoms with Gasteiger partial charge in [0.25, 0.3) is 5.91 Å². The summed E-state index contributed by atoms with van der Waals surface area (Å²) in [5, 5.41) is 4.00. The smallest absolute Gasteiger partial charge is 0.259 e. The summed E-state index contributed by atoms with van der Waals surface area (Å²) in [5.74, 6) is 1.04. The number of amides is 1. The third kappa shape index (κ3) is 3.13. The molecule has 1 amide bonds. The maximum Gasteiger partial charge on any atom is 0.259 e. The summed E-state index contributed by atoms with van der Waals surface area (Å²) in [7, 11) is 1.52. The number of carbonyl (C=O) groups excluding carboxylic acids is 1. The molecule has 28 heavy (non-hydrogen) atoms. The molecule has 1 saturated heterocycles. The summed E-state index contributed by atoms with van der Waals surface area (Å²) in [5.41, 5.74) is 4.13. The predicted molar refractivity (Wildman–Crippen MR) is 103 cm³/mol. The maximum absolute atomic E-state index is 13.1. The molecule has 0 N–H and O–H groups in total. The van der Waals surface area contributed by atoms with E-state index in [9.17, 15) is 4.79 Å². The highest BCUT2D eigenvalue weighted by Gasteiger charge is 2.33. The van der Waals surface area contributed by atoms with Crippen molar-refractivity contribution in [1.29, 1.82) is 0 Å². The summed E-state index contributed by atoms with van der Waals surface area (Å²) in [6.07, 6.45) is 5.26. The summed E-state index contributed by atoms with van der Waals surface area (Å²) < 4.78 is 10.5. The van der Waals surface area contributed by atoms with Gasteiger partial charge in [-0.15, -0.1) is 0 Å². The van der Waals surface area contributed by atoms with Gasteiger partial charge in [0.2, 0.25) is 5.88 Å². The third-order valence-electron chi connectivity index (χ3n) is 5.16. The molecule has 7 heteroatoms. The van der Waals surface area contributed by atoms with Crippen LogP contribution in [0.1, 0.15) is 46.4 Å². The normalized spacial score (nSPS) is 16.4. The zero-order valence-electron chi connectivity index (χ0n) is 16.2. The average molecular weight is 378 g/mol. The molecule has 3 aromatic heterocycles. The molecule has 144 valence electrons. The molecule has 0 spiro atoms. The molecule has 4 rings (SSSR count). The molecule has 4 heterocycles. The molecule has 0 bridgehead atoms. The van der Waals surface area contributed by atoms with Crippen LogP contribution >= 0.6 is 0 Å². The van der Waals surface area contributed by atoms with E-state index in [2.05, 4.69) is 15.1 Å². The minimum Gasteiger partial charge on any atom is -0.480 e. The van der Waals surface area contributed by atoms with Gasteiger partial charge in [-0.1, -0.05) is 11.2 Å². The minimum atomic E-state index is -0.0796. The van der Waals surface area contributed by atoms with Crippen molar-refractivity contribution in [3.8, 4) is 17.0 Å². The number of nitrogens with zero attached hydrogens (tertiary/aromatic N) is 4. The van der Waals surface area contributed by atoms with Crippen molar-refractivity contribution < 1.29 is 14.1 Å². The van der Waals surface area contributed by atoms with Gasteiger partial charge in [0.05, 0.1) is 24.5 Å². The Kier molecular flexibility index (Phi) is 4.81. The monoisotopic (exact) mass is 378 g/mol. The summed E-state index contributed by atoms with van der Waals surface area (Å²) in [4.78, 5) is 23.8. The molecule has 0 aromatic carbocycles. The SMILES string of the molecule is COc1ncccc1C(=O)N1CCC[C@H]1c1ccc(-c2c(C)noc2C)cn1. The number of pyridine rings is 2. The van der Waals surface area contributed by atoms with E-state index in [0.717, 1.165) is 41.1 Å². The molecule has 0 saturated carbocycles. The van der Waals surface area contributed by atoms with Gasteiger partial charge < -0.3 is 14.2 Å². The molecule has 1 atom stereocenters. The lowest BCUT2D eigenvalue weighted by Gasteiger charge is -2.25. The standard InChI is InChI=1S/C21H22N4O3/c1-13-19(14(2)28-24-13)15-8-9-17(23-12-15)18-7-5-11-25(18)21(26)16-6-4-10-22-20(16)27-3/h4,6,8-10,12,18H,5,7,11H2,1-3H3/t18-/m0/s1. The molecule has 7 nitrogen and oxygen atoms in total. The highest BCUT2D eigenvalue weighted by atomic mass is 16.5. The summed E-state index contributed by atoms with van der Waals surface area (Å²) in [6.45, 7) is 4.50. The quantitative estimate of drug-likeness (QED) is 0.688. The molecule has 1 aliphatic rings. The van der Waals surface area contributed by atoms with Crippen molar-refractivity contribution in [2.75, 3.05) is 13.7 Å². The number of hydrogen-bond acceptors (Lipinski definition) is 6. The molecule has 0 unspecified atom stereocenters. The average Bonchev–Trinajstić information content (AvgIpc) is 3.34. The van der Waals surface area contributed by atoms with E-state index in [1.165, 1.54) is 7.11 Å². The van der Waals surface area contributed by atoms with Crippen molar-refractivity contribution in [2.45, 2.75) is 32.7 Å². The van der Waals surface area contributed by atoms with Crippen LogP contribution in [0.25, 0.3) is 11.1 Å². The summed E-state index contributed by atoms with van der Waals surface area (Å²) in [6, 6.07) is 7.43. The largest absolute Gasteiger partial charge is 0.480 e. The Morgan fingerprint density at radius 3 is 2.79 bits per heavy atom. The molecule has 3 aromatic rings. The second kappa shape index (κ2) is 7.42. The van der Waals surface area contributed by atoms with Crippen LogP contribution in [0.3, 0.4) is 0 Å². The molecular formula is C21H22N4O3. The molecule has 1 fully saturated rings. The Bertz CT molecular complexity index is 978. The lowest BCUT2D eigenvalue weighted by Crippen LogP contribution is -2.31. The highest BCUT2D eigenvalue weighted by molar-refractivity contribution is 5.96. The zero-order valence-corrected chi connectivity index (χ0v) is 16.2. The maximum atomic E-state index is 13.1. The Hall–Kier alpha value is -3.22. The number of likely N-dealkylation sites (tertiary alicyclic amines) is 1. The number of aromatic nitrogens is 3. The number of hydrogen-bond donors (Lipinski definition) is 0. The Morgan fingerprint density at radius 2 is 2.11 bits per heavy atom. The fraction of sp³-hybridized carbons (Fsp3) is 0.333. The first-order chi connectivity index (χ1) is 13.6. The first-order valence-corrected chi connectivity index (χ1v) is 9.29. The number of ether oxygens (including phenoxy) is 1. The van der Waals surface area contributed by atoms with Gasteiger partial charge in [-0.2, -0.15) is 0 Å². The Morgan fingerprint density at radius 1 is 1.25 bits per heavy atom. The van der Waals surface area contributed by atoms with Crippen molar-refractivity contribution in [3.63, 3.8) is 0 Å². The number of aryl methyl sites for hydroxylation is 2. The van der Waals surface area contributed by atoms with E-state index < -0.39 is 0 Å². The van der Waals surface area contributed by atoms with Gasteiger partial charge in [-0.25, -0.2) is 4.98 Å². The molecule has 0 aliphatic carbocycles. The van der Waals surface area contributed by atoms with Gasteiger partial charge in [-0.3, -0.25) is 9.78 Å². The van der Waals surface area contributed by atoms with Gasteiger partial charge in [0.15, 0.2) is 0 Å².